The molecule has 6 rings (SSSR count). The van der Waals surface area contributed by atoms with Crippen LogP contribution in [0, 0.1) is 45.3 Å². The van der Waals surface area contributed by atoms with Crippen LogP contribution < -0.4 is 0 Å². The first-order valence-corrected chi connectivity index (χ1v) is 21.0. The number of aliphatic hydroxyl groups is 10. The van der Waals surface area contributed by atoms with Gasteiger partial charge in [-0.1, -0.05) is 46.3 Å². The van der Waals surface area contributed by atoms with Gasteiger partial charge in [-0.3, -0.25) is 0 Å². The van der Waals surface area contributed by atoms with E-state index in [1.54, 1.807) is 0 Å². The van der Waals surface area contributed by atoms with Gasteiger partial charge in [-0.2, -0.15) is 0 Å². The maximum atomic E-state index is 12.2. The summed E-state index contributed by atoms with van der Waals surface area (Å²) in [4.78, 5) is 0. The van der Waals surface area contributed by atoms with E-state index in [0.29, 0.717) is 32.1 Å². The summed E-state index contributed by atoms with van der Waals surface area (Å²) in [7, 11) is 0. The molecule has 6 aliphatic rings. The number of hydrogen-bond donors (Lipinski definition) is 10. The van der Waals surface area contributed by atoms with Crippen LogP contribution in [0.1, 0.15) is 107 Å². The van der Waals surface area contributed by atoms with E-state index in [1.807, 2.05) is 34.6 Å². The minimum atomic E-state index is -1.78. The summed E-state index contributed by atoms with van der Waals surface area (Å²) in [5.74, 6) is -0.519. The summed E-state index contributed by atoms with van der Waals surface area (Å²) in [6, 6.07) is 0. The predicted octanol–water partition coefficient (Wildman–Crippen LogP) is 1.12. The van der Waals surface area contributed by atoms with Crippen LogP contribution in [0.15, 0.2) is 11.6 Å². The second-order valence-corrected chi connectivity index (χ2v) is 20.3. The molecular weight excluding hydrogens is 728 g/mol. The molecule has 4 aliphatic carbocycles. The van der Waals surface area contributed by atoms with E-state index in [0.717, 1.165) is 19.3 Å². The molecule has 10 N–H and O–H groups in total. The van der Waals surface area contributed by atoms with Gasteiger partial charge in [0.05, 0.1) is 37.1 Å². The highest BCUT2D eigenvalue weighted by atomic mass is 16.7. The molecule has 2 heterocycles. The Labute approximate surface area is 331 Å². The topological polar surface area (TPSA) is 239 Å². The lowest BCUT2D eigenvalue weighted by molar-refractivity contribution is -0.374. The number of fused-ring (bicyclic) bond motifs is 5. The van der Waals surface area contributed by atoms with Gasteiger partial charge in [-0.15, -0.1) is 0 Å². The molecule has 0 aromatic rings. The molecule has 14 nitrogen and oxygen atoms in total. The molecule has 0 radical (unpaired) electrons. The second kappa shape index (κ2) is 15.9. The normalized spacial score (nSPS) is 52.6. The highest BCUT2D eigenvalue weighted by Gasteiger charge is 2.73. The van der Waals surface area contributed by atoms with Crippen molar-refractivity contribution in [1.29, 1.82) is 0 Å². The Morgan fingerprint density at radius 1 is 0.768 bits per heavy atom. The van der Waals surface area contributed by atoms with Crippen LogP contribution in [0.2, 0.25) is 0 Å². The lowest BCUT2D eigenvalue weighted by Gasteiger charge is -2.72. The van der Waals surface area contributed by atoms with Gasteiger partial charge in [-0.05, 0) is 117 Å². The van der Waals surface area contributed by atoms with E-state index in [1.165, 1.54) is 5.57 Å². The lowest BCUT2D eigenvalue weighted by Crippen LogP contribution is -2.71. The Kier molecular flexibility index (Phi) is 12.7. The SMILES string of the molecule is CC(C)=CCCC(C)(O)C1CCC2(C)C1C(O)CC1C3(C)CCC(O)C(C)(C)C3C(OC3OC(CO)C(OC4OC(CO)C(O)C(O)C4O)C(O)C3O)CC12C. The summed E-state index contributed by atoms with van der Waals surface area (Å²) in [6.07, 6.45) is -10.2. The van der Waals surface area contributed by atoms with Gasteiger partial charge in [0.1, 0.15) is 48.8 Å². The third-order valence-corrected chi connectivity index (χ3v) is 16.5. The van der Waals surface area contributed by atoms with Crippen molar-refractivity contribution in [2.75, 3.05) is 13.2 Å². The fourth-order valence-corrected chi connectivity index (χ4v) is 13.4. The number of allylic oxidation sites excluding steroid dienone is 2. The van der Waals surface area contributed by atoms with Gasteiger partial charge in [0.2, 0.25) is 0 Å². The smallest absolute Gasteiger partial charge is 0.187 e. The van der Waals surface area contributed by atoms with E-state index in [9.17, 15) is 51.1 Å². The molecule has 6 fully saturated rings. The van der Waals surface area contributed by atoms with Crippen molar-refractivity contribution in [1.82, 2.24) is 0 Å². The van der Waals surface area contributed by atoms with Crippen LogP contribution in [0.25, 0.3) is 0 Å². The first-order valence-electron chi connectivity index (χ1n) is 21.0. The molecule has 14 heteroatoms. The molecule has 56 heavy (non-hydrogen) atoms. The van der Waals surface area contributed by atoms with E-state index in [4.69, 9.17) is 18.9 Å². The van der Waals surface area contributed by atoms with Gasteiger partial charge >= 0.3 is 0 Å². The van der Waals surface area contributed by atoms with E-state index < -0.39 is 120 Å². The molecule has 0 spiro atoms. The predicted molar refractivity (Wildman–Crippen MR) is 202 cm³/mol. The van der Waals surface area contributed by atoms with E-state index >= 15 is 0 Å². The largest absolute Gasteiger partial charge is 0.394 e. The van der Waals surface area contributed by atoms with Crippen molar-refractivity contribution < 1.29 is 70.0 Å². The van der Waals surface area contributed by atoms with Crippen LogP contribution in [0.4, 0.5) is 0 Å². The molecule has 4 saturated carbocycles. The Hall–Kier alpha value is -0.820. The van der Waals surface area contributed by atoms with Crippen molar-refractivity contribution in [3.8, 4) is 0 Å². The minimum absolute atomic E-state index is 0.0431. The highest BCUT2D eigenvalue weighted by Crippen LogP contribution is 2.76. The molecule has 324 valence electrons. The second-order valence-electron chi connectivity index (χ2n) is 20.3. The zero-order valence-corrected chi connectivity index (χ0v) is 34.6. The van der Waals surface area contributed by atoms with Crippen molar-refractivity contribution >= 4 is 0 Å². The molecule has 0 bridgehead atoms. The number of ether oxygens (including phenoxy) is 4. The maximum absolute atomic E-state index is 12.2. The van der Waals surface area contributed by atoms with Crippen molar-refractivity contribution in [2.45, 2.75) is 192 Å². The van der Waals surface area contributed by atoms with Gasteiger partial charge < -0.3 is 70.0 Å². The molecule has 21 atom stereocenters. The standard InChI is InChI=1S/C42H72O14/c1-20(2)10-9-13-42(8,52)21-11-15-40(6)28(21)22(45)16-26-39(5)14-12-27(46)38(3,4)35(39)23(17-41(26,40)7)53-36-33(51)31(49)34(25(19-44)55-36)56-37-32(50)30(48)29(47)24(18-43)54-37/h10,21-37,43-52H,9,11-19H2,1-8H3. The third kappa shape index (κ3) is 7.16. The average Bonchev–Trinajstić information content (AvgIpc) is 3.51. The number of rotatable bonds is 10. The summed E-state index contributed by atoms with van der Waals surface area (Å²) >= 11 is 0. The van der Waals surface area contributed by atoms with Crippen molar-refractivity contribution in [3.05, 3.63) is 11.6 Å². The zero-order valence-electron chi connectivity index (χ0n) is 34.6. The first-order chi connectivity index (χ1) is 26.0. The number of aliphatic hydroxyl groups excluding tert-OH is 9. The fraction of sp³-hybridized carbons (Fsp3) is 0.952. The zero-order chi connectivity index (χ0) is 41.5. The van der Waals surface area contributed by atoms with Gasteiger partial charge in [0, 0.05) is 0 Å². The Balaban J connectivity index is 1.30. The van der Waals surface area contributed by atoms with Gasteiger partial charge in [-0.25, -0.2) is 0 Å². The lowest BCUT2D eigenvalue weighted by atomic mass is 9.34. The highest BCUT2D eigenvalue weighted by molar-refractivity contribution is 5.22. The van der Waals surface area contributed by atoms with Gasteiger partial charge in [0.25, 0.3) is 0 Å². The quantitative estimate of drug-likeness (QED) is 0.110. The van der Waals surface area contributed by atoms with Crippen LogP contribution >= 0.6 is 0 Å². The molecule has 0 aromatic carbocycles. The molecule has 2 saturated heterocycles. The van der Waals surface area contributed by atoms with Crippen LogP contribution in [0.5, 0.6) is 0 Å². The Bertz CT molecular complexity index is 1400. The number of hydrogen-bond acceptors (Lipinski definition) is 14. The maximum Gasteiger partial charge on any atom is 0.187 e. The Morgan fingerprint density at radius 2 is 1.38 bits per heavy atom. The average molecular weight is 801 g/mol. The van der Waals surface area contributed by atoms with Crippen molar-refractivity contribution in [2.24, 2.45) is 45.3 Å². The van der Waals surface area contributed by atoms with Crippen LogP contribution in [0.3, 0.4) is 0 Å². The third-order valence-electron chi connectivity index (χ3n) is 16.5. The molecule has 0 amide bonds. The van der Waals surface area contributed by atoms with Crippen LogP contribution in [-0.2, 0) is 18.9 Å². The van der Waals surface area contributed by atoms with Crippen LogP contribution in [-0.4, -0.2) is 150 Å². The Morgan fingerprint density at radius 3 is 2.00 bits per heavy atom. The van der Waals surface area contributed by atoms with E-state index in [2.05, 4.69) is 26.8 Å². The minimum Gasteiger partial charge on any atom is -0.394 e. The molecule has 0 aromatic heterocycles. The van der Waals surface area contributed by atoms with Crippen molar-refractivity contribution in [3.63, 3.8) is 0 Å². The van der Waals surface area contributed by atoms with E-state index in [-0.39, 0.29) is 23.7 Å². The molecule has 21 unspecified atom stereocenters. The summed E-state index contributed by atoms with van der Waals surface area (Å²) in [6.45, 7) is 15.5. The first kappa shape index (κ1) is 44.7. The van der Waals surface area contributed by atoms with Gasteiger partial charge in [0.15, 0.2) is 12.6 Å². The summed E-state index contributed by atoms with van der Waals surface area (Å²) < 4.78 is 24.4. The molecular formula is C42H72O14. The monoisotopic (exact) mass is 800 g/mol. The summed E-state index contributed by atoms with van der Waals surface area (Å²) in [5, 5.41) is 110. The summed E-state index contributed by atoms with van der Waals surface area (Å²) in [5.41, 5.74) is -1.70. The molecule has 2 aliphatic heterocycles. The fourth-order valence-electron chi connectivity index (χ4n) is 13.4.